The van der Waals surface area contributed by atoms with Crippen LogP contribution in [0, 0.1) is 0 Å². The molecule has 0 heterocycles. The fourth-order valence-corrected chi connectivity index (χ4v) is 3.98. The van der Waals surface area contributed by atoms with Crippen LogP contribution >= 0.6 is 17.6 Å². The van der Waals surface area contributed by atoms with Crippen molar-refractivity contribution < 1.29 is 18.9 Å². The Hall–Kier alpha value is -2.28. The van der Waals surface area contributed by atoms with Gasteiger partial charge in [0.2, 0.25) is 0 Å². The predicted octanol–water partition coefficient (Wildman–Crippen LogP) is 7.23. The third-order valence-corrected chi connectivity index (χ3v) is 5.81. The second-order valence-electron chi connectivity index (χ2n) is 7.68. The van der Waals surface area contributed by atoms with Gasteiger partial charge in [-0.1, -0.05) is 50.2 Å². The maximum absolute atomic E-state index is 9.45. The summed E-state index contributed by atoms with van der Waals surface area (Å²) in [5.41, 5.74) is 2.49. The Kier molecular flexibility index (Phi) is 7.58. The molecule has 2 atom stereocenters. The fourth-order valence-electron chi connectivity index (χ4n) is 2.75. The van der Waals surface area contributed by atoms with Crippen molar-refractivity contribution in [2.24, 2.45) is 0 Å². The summed E-state index contributed by atoms with van der Waals surface area (Å²) in [6.07, 6.45) is 0. The van der Waals surface area contributed by atoms with Crippen LogP contribution in [-0.2, 0) is 0 Å². The molecule has 6 heteroatoms. The lowest BCUT2D eigenvalue weighted by Gasteiger charge is -2.26. The van der Waals surface area contributed by atoms with Crippen molar-refractivity contribution in [3.05, 3.63) is 72.8 Å². The Morgan fingerprint density at radius 1 is 0.767 bits per heavy atom. The summed E-state index contributed by atoms with van der Waals surface area (Å²) in [6.45, 7) is 8.27. The van der Waals surface area contributed by atoms with E-state index >= 15 is 0 Å². The van der Waals surface area contributed by atoms with E-state index in [1.54, 1.807) is 24.3 Å². The first-order valence-corrected chi connectivity index (χ1v) is 11.8. The van der Waals surface area contributed by atoms with Gasteiger partial charge in [-0.3, -0.25) is 0 Å². The lowest BCUT2D eigenvalue weighted by atomic mass is 10.0. The van der Waals surface area contributed by atoms with E-state index in [2.05, 4.69) is 19.9 Å². The van der Waals surface area contributed by atoms with Gasteiger partial charge in [0.25, 0.3) is 0 Å². The quantitative estimate of drug-likeness (QED) is 0.355. The van der Waals surface area contributed by atoms with Crippen LogP contribution in [0.4, 0.5) is 0 Å². The number of aromatic hydroxyl groups is 1. The summed E-state index contributed by atoms with van der Waals surface area (Å²) in [7, 11) is 0.472. The number of ether oxygens (including phenoxy) is 1. The van der Waals surface area contributed by atoms with Gasteiger partial charge in [-0.2, -0.15) is 0 Å². The lowest BCUT2D eigenvalue weighted by Crippen LogP contribution is -2.23. The van der Waals surface area contributed by atoms with Crippen LogP contribution in [0.3, 0.4) is 0 Å². The molecule has 0 radical (unpaired) electrons. The molecule has 0 saturated heterocycles. The maximum Gasteiger partial charge on any atom is 0.155 e. The van der Waals surface area contributed by atoms with E-state index in [1.165, 1.54) is 0 Å². The third-order valence-electron chi connectivity index (χ3n) is 4.09. The van der Waals surface area contributed by atoms with Crippen molar-refractivity contribution in [1.29, 1.82) is 0 Å². The number of hydrogen-bond acceptors (Lipinski definition) is 4. The van der Waals surface area contributed by atoms with Crippen molar-refractivity contribution >= 4 is 17.6 Å². The smallest absolute Gasteiger partial charge is 0.155 e. The van der Waals surface area contributed by atoms with Gasteiger partial charge in [-0.25, -0.2) is 0 Å². The molecule has 0 fully saturated rings. The highest BCUT2D eigenvalue weighted by Crippen LogP contribution is 2.43. The Morgan fingerprint density at radius 3 is 1.87 bits per heavy atom. The van der Waals surface area contributed by atoms with Crippen LogP contribution in [0.5, 0.6) is 23.0 Å². The SMILES string of the molecule is CC(C)POc1ccccc1-c1ccccc1OPC(C)(C)Oc1ccc(O)cc1. The number of phenolic OH excluding ortho intramolecular Hbond substituents is 1. The summed E-state index contributed by atoms with van der Waals surface area (Å²) in [5, 5.41) is 8.92. The lowest BCUT2D eigenvalue weighted by molar-refractivity contribution is 0.195. The van der Waals surface area contributed by atoms with Crippen molar-refractivity contribution in [2.45, 2.75) is 38.7 Å². The maximum atomic E-state index is 9.45. The molecule has 30 heavy (non-hydrogen) atoms. The number of rotatable bonds is 9. The molecule has 3 rings (SSSR count). The van der Waals surface area contributed by atoms with Gasteiger partial charge in [0.1, 0.15) is 31.8 Å². The molecule has 0 aliphatic carbocycles. The zero-order valence-corrected chi connectivity index (χ0v) is 19.7. The molecule has 0 aromatic heterocycles. The molecule has 0 saturated carbocycles. The van der Waals surface area contributed by atoms with E-state index in [1.807, 2.05) is 56.3 Å². The average Bonchev–Trinajstić information content (AvgIpc) is 2.73. The van der Waals surface area contributed by atoms with Crippen LogP contribution in [-0.4, -0.2) is 16.1 Å². The Labute approximate surface area is 182 Å². The van der Waals surface area contributed by atoms with Crippen LogP contribution in [0.1, 0.15) is 27.7 Å². The zero-order valence-electron chi connectivity index (χ0n) is 17.7. The highest BCUT2D eigenvalue weighted by Gasteiger charge is 2.23. The number of phenols is 1. The van der Waals surface area contributed by atoms with E-state index in [0.29, 0.717) is 20.2 Å². The largest absolute Gasteiger partial charge is 0.508 e. The zero-order chi connectivity index (χ0) is 21.6. The fraction of sp³-hybridized carbons (Fsp3) is 0.250. The van der Waals surface area contributed by atoms with Crippen LogP contribution < -0.4 is 13.8 Å². The van der Waals surface area contributed by atoms with Gasteiger partial charge in [0.15, 0.2) is 5.34 Å². The minimum absolute atomic E-state index is 0.0703. The third kappa shape index (κ3) is 6.36. The van der Waals surface area contributed by atoms with Crippen LogP contribution in [0.2, 0.25) is 0 Å². The minimum atomic E-state index is -0.529. The van der Waals surface area contributed by atoms with E-state index in [-0.39, 0.29) is 14.6 Å². The molecule has 0 bridgehead atoms. The summed E-state index contributed by atoms with van der Waals surface area (Å²) in [4.78, 5) is 0. The molecule has 4 nitrogen and oxygen atoms in total. The second kappa shape index (κ2) is 10.2. The van der Waals surface area contributed by atoms with Gasteiger partial charge < -0.3 is 18.9 Å². The summed E-state index contributed by atoms with van der Waals surface area (Å²) in [5.74, 6) is 2.56. The predicted molar refractivity (Wildman–Crippen MR) is 128 cm³/mol. The van der Waals surface area contributed by atoms with Gasteiger partial charge in [-0.05, 0) is 50.2 Å². The van der Waals surface area contributed by atoms with E-state index in [0.717, 1.165) is 22.6 Å². The number of para-hydroxylation sites is 2. The summed E-state index contributed by atoms with van der Waals surface area (Å²) >= 11 is 0. The molecule has 158 valence electrons. The van der Waals surface area contributed by atoms with Crippen molar-refractivity contribution in [3.63, 3.8) is 0 Å². The molecule has 0 aliphatic heterocycles. The summed E-state index contributed by atoms with van der Waals surface area (Å²) < 4.78 is 18.4. The van der Waals surface area contributed by atoms with E-state index < -0.39 is 5.34 Å². The molecule has 1 N–H and O–H groups in total. The first kappa shape index (κ1) is 22.4. The molecule has 0 spiro atoms. The minimum Gasteiger partial charge on any atom is -0.508 e. The van der Waals surface area contributed by atoms with Gasteiger partial charge in [-0.15, -0.1) is 0 Å². The Balaban J connectivity index is 1.77. The normalized spacial score (nSPS) is 12.2. The van der Waals surface area contributed by atoms with Gasteiger partial charge >= 0.3 is 0 Å². The van der Waals surface area contributed by atoms with Crippen molar-refractivity contribution in [1.82, 2.24) is 0 Å². The second-order valence-corrected chi connectivity index (χ2v) is 10.9. The molecule has 3 aromatic carbocycles. The first-order valence-electron chi connectivity index (χ1n) is 9.87. The number of hydrogen-bond donors (Lipinski definition) is 1. The highest BCUT2D eigenvalue weighted by molar-refractivity contribution is 7.34. The molecule has 3 aromatic rings. The van der Waals surface area contributed by atoms with Gasteiger partial charge in [0, 0.05) is 16.8 Å². The van der Waals surface area contributed by atoms with Crippen LogP contribution in [0.15, 0.2) is 72.8 Å². The topological polar surface area (TPSA) is 47.9 Å². The molecule has 0 amide bonds. The molecule has 0 aliphatic rings. The average molecular weight is 442 g/mol. The standard InChI is InChI=1S/C24H28O4P2/c1-17(2)29-27-22-11-7-5-9-20(22)21-10-6-8-12-23(21)28-30-24(3,4)26-19-15-13-18(25)14-16-19/h5-17,25,29-30H,1-4H3. The Morgan fingerprint density at radius 2 is 1.30 bits per heavy atom. The van der Waals surface area contributed by atoms with Gasteiger partial charge in [0.05, 0.1) is 8.81 Å². The van der Waals surface area contributed by atoms with Crippen molar-refractivity contribution in [3.8, 4) is 34.1 Å². The Bertz CT molecular complexity index is 955. The molecular formula is C24H28O4P2. The van der Waals surface area contributed by atoms with Crippen molar-refractivity contribution in [2.75, 3.05) is 0 Å². The first-order chi connectivity index (χ1) is 14.3. The molecule has 2 unspecified atom stereocenters. The van der Waals surface area contributed by atoms with E-state index in [9.17, 15) is 5.11 Å². The summed E-state index contributed by atoms with van der Waals surface area (Å²) in [6, 6.07) is 22.8. The highest BCUT2D eigenvalue weighted by atomic mass is 31.1. The number of benzene rings is 3. The van der Waals surface area contributed by atoms with E-state index in [4.69, 9.17) is 13.8 Å². The van der Waals surface area contributed by atoms with Crippen LogP contribution in [0.25, 0.3) is 11.1 Å². The monoisotopic (exact) mass is 442 g/mol. The molecular weight excluding hydrogens is 414 g/mol.